The van der Waals surface area contributed by atoms with Crippen molar-refractivity contribution in [1.29, 1.82) is 0 Å². The van der Waals surface area contributed by atoms with Gasteiger partial charge in [-0.05, 0) is 24.3 Å². The van der Waals surface area contributed by atoms with Gasteiger partial charge in [-0.2, -0.15) is 0 Å². The largest absolute Gasteiger partial charge is 0.326 e. The van der Waals surface area contributed by atoms with Crippen molar-refractivity contribution in [3.8, 4) is 0 Å². The molecule has 0 bridgehead atoms. The number of hydrogen-bond acceptors (Lipinski definition) is 4. The summed E-state index contributed by atoms with van der Waals surface area (Å²) in [7, 11) is 0. The molecule has 1 heterocycles. The molecule has 1 aromatic rings. The molecule has 23 heavy (non-hydrogen) atoms. The number of aliphatic imine (C=N–C) groups is 1. The van der Waals surface area contributed by atoms with Gasteiger partial charge in [-0.1, -0.05) is 43.3 Å². The second-order valence-electron chi connectivity index (χ2n) is 5.30. The van der Waals surface area contributed by atoms with Gasteiger partial charge in [0.1, 0.15) is 0 Å². The quantitative estimate of drug-likeness (QED) is 0.873. The average Bonchev–Trinajstić information content (AvgIpc) is 2.95. The van der Waals surface area contributed by atoms with E-state index in [4.69, 9.17) is 11.6 Å². The zero-order valence-electron chi connectivity index (χ0n) is 12.9. The summed E-state index contributed by atoms with van der Waals surface area (Å²) in [6.45, 7) is 3.65. The molecule has 0 unspecified atom stereocenters. The molecule has 1 aliphatic rings. The first-order valence-corrected chi connectivity index (χ1v) is 8.57. The summed E-state index contributed by atoms with van der Waals surface area (Å²) >= 11 is 7.25. The van der Waals surface area contributed by atoms with E-state index in [0.717, 1.165) is 5.70 Å². The maximum absolute atomic E-state index is 11.9. The third-order valence-corrected chi connectivity index (χ3v) is 4.17. The molecular weight excluding hydrogens is 334 g/mol. The highest BCUT2D eigenvalue weighted by atomic mass is 35.5. The van der Waals surface area contributed by atoms with Crippen LogP contribution in [0.4, 0.5) is 5.69 Å². The molecular formula is C16H18ClN3O2S. The number of amidine groups is 1. The molecule has 0 saturated heterocycles. The van der Waals surface area contributed by atoms with Crippen LogP contribution in [0.5, 0.6) is 0 Å². The van der Waals surface area contributed by atoms with E-state index in [2.05, 4.69) is 15.6 Å². The lowest BCUT2D eigenvalue weighted by atomic mass is 10.2. The van der Waals surface area contributed by atoms with Gasteiger partial charge in [0.25, 0.3) is 0 Å². The predicted molar refractivity (Wildman–Crippen MR) is 95.7 cm³/mol. The molecule has 5 nitrogen and oxygen atoms in total. The molecule has 1 aromatic carbocycles. The predicted octanol–water partition coefficient (Wildman–Crippen LogP) is 3.43. The van der Waals surface area contributed by atoms with Gasteiger partial charge in [-0.3, -0.25) is 9.59 Å². The van der Waals surface area contributed by atoms with Crippen LogP contribution in [0, 0.1) is 5.92 Å². The van der Waals surface area contributed by atoms with Crippen LogP contribution in [-0.4, -0.2) is 22.7 Å². The third kappa shape index (κ3) is 5.73. The fourth-order valence-electron chi connectivity index (χ4n) is 1.71. The summed E-state index contributed by atoms with van der Waals surface area (Å²) in [4.78, 5) is 27.8. The highest BCUT2D eigenvalue weighted by molar-refractivity contribution is 8.14. The number of thioether (sulfide) groups is 1. The first-order chi connectivity index (χ1) is 10.9. The number of rotatable bonds is 4. The Morgan fingerprint density at radius 1 is 1.30 bits per heavy atom. The summed E-state index contributed by atoms with van der Waals surface area (Å²) in [6, 6.07) is 6.93. The second kappa shape index (κ2) is 8.17. The van der Waals surface area contributed by atoms with Crippen molar-refractivity contribution in [3.05, 3.63) is 41.1 Å². The maximum Gasteiger partial charge on any atom is 0.228 e. The molecule has 7 heteroatoms. The van der Waals surface area contributed by atoms with Crippen LogP contribution < -0.4 is 10.6 Å². The minimum atomic E-state index is -0.125. The Morgan fingerprint density at radius 3 is 2.65 bits per heavy atom. The molecule has 2 rings (SSSR count). The molecule has 0 aliphatic carbocycles. The summed E-state index contributed by atoms with van der Waals surface area (Å²) in [5, 5.41) is 6.76. The topological polar surface area (TPSA) is 70.6 Å². The number of benzene rings is 1. The average molecular weight is 352 g/mol. The summed E-state index contributed by atoms with van der Waals surface area (Å²) in [5.41, 5.74) is 1.49. The molecule has 0 fully saturated rings. The molecule has 2 N–H and O–H groups in total. The molecule has 0 saturated carbocycles. The number of halogens is 1. The van der Waals surface area contributed by atoms with Gasteiger partial charge in [-0.15, -0.1) is 0 Å². The molecule has 2 amide bonds. The van der Waals surface area contributed by atoms with Gasteiger partial charge < -0.3 is 10.6 Å². The van der Waals surface area contributed by atoms with Crippen LogP contribution in [0.3, 0.4) is 0 Å². The number of nitrogens with zero attached hydrogens (tertiary/aromatic N) is 1. The van der Waals surface area contributed by atoms with Gasteiger partial charge in [0, 0.05) is 28.8 Å². The lowest BCUT2D eigenvalue weighted by Gasteiger charge is -2.04. The summed E-state index contributed by atoms with van der Waals surface area (Å²) in [5.74, 6) is 0.385. The van der Waals surface area contributed by atoms with E-state index in [9.17, 15) is 9.59 Å². The van der Waals surface area contributed by atoms with Gasteiger partial charge in [-0.25, -0.2) is 4.99 Å². The molecule has 0 aromatic heterocycles. The molecule has 122 valence electrons. The van der Waals surface area contributed by atoms with Gasteiger partial charge in [0.05, 0.1) is 5.70 Å². The van der Waals surface area contributed by atoms with Crippen molar-refractivity contribution in [2.24, 2.45) is 10.9 Å². The number of carbonyl (C=O) groups excluding carboxylic acids is 2. The zero-order chi connectivity index (χ0) is 16.8. The van der Waals surface area contributed by atoms with Gasteiger partial charge in [0.2, 0.25) is 11.8 Å². The first kappa shape index (κ1) is 17.6. The van der Waals surface area contributed by atoms with E-state index in [1.165, 1.54) is 11.8 Å². The van der Waals surface area contributed by atoms with Crippen LogP contribution in [0.15, 0.2) is 41.0 Å². The van der Waals surface area contributed by atoms with E-state index in [-0.39, 0.29) is 24.2 Å². The Bertz CT molecular complexity index is 654. The minimum absolute atomic E-state index is 0.0574. The number of nitrogens with one attached hydrogen (secondary N) is 2. The number of hydrogen-bond donors (Lipinski definition) is 2. The second-order valence-corrected chi connectivity index (χ2v) is 6.70. The van der Waals surface area contributed by atoms with Crippen LogP contribution >= 0.6 is 23.4 Å². The first-order valence-electron chi connectivity index (χ1n) is 7.21. The van der Waals surface area contributed by atoms with E-state index < -0.39 is 0 Å². The van der Waals surface area contributed by atoms with Crippen LogP contribution in [0.25, 0.3) is 0 Å². The molecule has 0 spiro atoms. The Balaban J connectivity index is 1.85. The monoisotopic (exact) mass is 351 g/mol. The van der Waals surface area contributed by atoms with Crippen molar-refractivity contribution in [3.63, 3.8) is 0 Å². The van der Waals surface area contributed by atoms with Crippen molar-refractivity contribution >= 4 is 46.0 Å². The number of amides is 2. The standard InChI is InChI=1S/C16H18ClN3O2S/c1-10(2)15(22)20-16-19-13(9-23-16)7-8-14(21)18-12-5-3-11(17)4-6-12/h3-7,10H,8-9H2,1-2H3,(H,18,21)(H,19,20,22). The fourth-order valence-corrected chi connectivity index (χ4v) is 2.66. The van der Waals surface area contributed by atoms with Crippen LogP contribution in [0.1, 0.15) is 20.3 Å². The third-order valence-electron chi connectivity index (χ3n) is 3.01. The van der Waals surface area contributed by atoms with Crippen molar-refractivity contribution < 1.29 is 9.59 Å². The van der Waals surface area contributed by atoms with Crippen molar-refractivity contribution in [1.82, 2.24) is 5.32 Å². The van der Waals surface area contributed by atoms with E-state index in [0.29, 0.717) is 21.6 Å². The van der Waals surface area contributed by atoms with E-state index >= 15 is 0 Å². The molecule has 1 aliphatic heterocycles. The minimum Gasteiger partial charge on any atom is -0.326 e. The van der Waals surface area contributed by atoms with E-state index in [1.807, 2.05) is 13.8 Å². The Morgan fingerprint density at radius 2 is 2.00 bits per heavy atom. The Labute approximate surface area is 144 Å². The van der Waals surface area contributed by atoms with Crippen molar-refractivity contribution in [2.75, 3.05) is 11.1 Å². The normalized spacial score (nSPS) is 15.7. The SMILES string of the molecule is CC(C)C(=O)NC1=NC(=CCC(=O)Nc2ccc(Cl)cc2)CS1. The number of anilines is 1. The van der Waals surface area contributed by atoms with Crippen LogP contribution in [0.2, 0.25) is 5.02 Å². The summed E-state index contributed by atoms with van der Waals surface area (Å²) < 4.78 is 0. The Kier molecular flexibility index (Phi) is 6.24. The molecule has 0 radical (unpaired) electrons. The lowest BCUT2D eigenvalue weighted by Crippen LogP contribution is -2.30. The number of carbonyl (C=O) groups is 2. The molecule has 0 atom stereocenters. The van der Waals surface area contributed by atoms with Gasteiger partial charge in [0.15, 0.2) is 5.17 Å². The van der Waals surface area contributed by atoms with Crippen molar-refractivity contribution in [2.45, 2.75) is 20.3 Å². The summed E-state index contributed by atoms with van der Waals surface area (Å²) in [6.07, 6.45) is 2.00. The van der Waals surface area contributed by atoms with Gasteiger partial charge >= 0.3 is 0 Å². The van der Waals surface area contributed by atoms with Crippen LogP contribution in [-0.2, 0) is 9.59 Å². The zero-order valence-corrected chi connectivity index (χ0v) is 14.5. The highest BCUT2D eigenvalue weighted by Gasteiger charge is 2.16. The smallest absolute Gasteiger partial charge is 0.228 e. The maximum atomic E-state index is 11.9. The lowest BCUT2D eigenvalue weighted by molar-refractivity contribution is -0.122. The highest BCUT2D eigenvalue weighted by Crippen LogP contribution is 2.20. The van der Waals surface area contributed by atoms with E-state index in [1.54, 1.807) is 30.3 Å². The fraction of sp³-hybridized carbons (Fsp3) is 0.312. The Hall–Kier alpha value is -1.79.